The molecule has 0 aliphatic rings. The molecular weight excluding hydrogens is 407 g/mol. The van der Waals surface area contributed by atoms with Crippen LogP contribution in [0.3, 0.4) is 0 Å². The lowest BCUT2D eigenvalue weighted by atomic mass is 10.3. The number of nitrogens with one attached hydrogen (secondary N) is 2. The Kier molecular flexibility index (Phi) is 8.34. The summed E-state index contributed by atoms with van der Waals surface area (Å²) in [6.07, 6.45) is 1.65. The number of anilines is 1. The zero-order chi connectivity index (χ0) is 19.8. The molecule has 1 aromatic heterocycles. The van der Waals surface area contributed by atoms with E-state index in [1.165, 1.54) is 11.3 Å². The highest BCUT2D eigenvalue weighted by atomic mass is 35.5. The highest BCUT2D eigenvalue weighted by Crippen LogP contribution is 2.26. The molecule has 1 aromatic carbocycles. The Bertz CT molecular complexity index is 797. The highest BCUT2D eigenvalue weighted by Gasteiger charge is 2.18. The van der Waals surface area contributed by atoms with E-state index in [0.29, 0.717) is 46.1 Å². The Labute approximate surface area is 172 Å². The zero-order valence-corrected chi connectivity index (χ0v) is 17.5. The molecule has 0 saturated heterocycles. The van der Waals surface area contributed by atoms with Crippen LogP contribution in [-0.4, -0.2) is 34.9 Å². The second kappa shape index (κ2) is 10.5. The predicted octanol–water partition coefficient (Wildman–Crippen LogP) is 5.03. The summed E-state index contributed by atoms with van der Waals surface area (Å²) in [7, 11) is 0. The smallest absolute Gasteiger partial charge is 0.322 e. The van der Waals surface area contributed by atoms with E-state index in [4.69, 9.17) is 23.2 Å². The lowest BCUT2D eigenvalue weighted by Gasteiger charge is -2.22. The normalized spacial score (nSPS) is 10.5. The number of nitrogens with zero attached hydrogens (tertiary/aromatic N) is 2. The van der Waals surface area contributed by atoms with Gasteiger partial charge in [0.1, 0.15) is 10.7 Å². The Morgan fingerprint density at radius 2 is 2.00 bits per heavy atom. The van der Waals surface area contributed by atoms with E-state index in [0.717, 1.165) is 12.8 Å². The molecule has 146 valence electrons. The number of benzene rings is 1. The second-order valence-electron chi connectivity index (χ2n) is 5.86. The number of urea groups is 1. The molecule has 0 atom stereocenters. The first-order valence-corrected chi connectivity index (χ1v) is 10.3. The van der Waals surface area contributed by atoms with Crippen molar-refractivity contribution in [1.29, 1.82) is 0 Å². The molecule has 0 fully saturated rings. The van der Waals surface area contributed by atoms with Crippen molar-refractivity contribution in [3.8, 4) is 0 Å². The topological polar surface area (TPSA) is 74.3 Å². The van der Waals surface area contributed by atoms with Crippen LogP contribution in [0.1, 0.15) is 42.2 Å². The molecule has 0 aliphatic heterocycles. The Balaban J connectivity index is 2.05. The van der Waals surface area contributed by atoms with E-state index >= 15 is 0 Å². The number of hydrogen-bond donors (Lipinski definition) is 2. The van der Waals surface area contributed by atoms with Crippen LogP contribution in [0, 0.1) is 0 Å². The van der Waals surface area contributed by atoms with Crippen molar-refractivity contribution in [2.75, 3.05) is 18.4 Å². The number of aromatic nitrogens is 1. The molecule has 6 nitrogen and oxygen atoms in total. The number of carbonyl (C=O) groups excluding carboxylic acids is 2. The zero-order valence-electron chi connectivity index (χ0n) is 15.2. The molecule has 2 N–H and O–H groups in total. The third-order valence-electron chi connectivity index (χ3n) is 3.60. The van der Waals surface area contributed by atoms with Crippen molar-refractivity contribution >= 4 is 52.2 Å². The first-order chi connectivity index (χ1) is 12.9. The maximum absolute atomic E-state index is 12.6. The third kappa shape index (κ3) is 6.37. The summed E-state index contributed by atoms with van der Waals surface area (Å²) in [6.45, 7) is 5.45. The maximum Gasteiger partial charge on any atom is 0.322 e. The summed E-state index contributed by atoms with van der Waals surface area (Å²) >= 11 is 13.4. The summed E-state index contributed by atoms with van der Waals surface area (Å²) in [6, 6.07) is 4.61. The molecule has 9 heteroatoms. The van der Waals surface area contributed by atoms with Gasteiger partial charge < -0.3 is 15.5 Å². The summed E-state index contributed by atoms with van der Waals surface area (Å²) in [5, 5.41) is 8.86. The van der Waals surface area contributed by atoms with Gasteiger partial charge in [0, 0.05) is 23.5 Å². The molecule has 0 aliphatic carbocycles. The monoisotopic (exact) mass is 428 g/mol. The number of hydrogen-bond acceptors (Lipinski definition) is 4. The van der Waals surface area contributed by atoms with Gasteiger partial charge in [0.2, 0.25) is 0 Å². The number of halogens is 2. The molecule has 0 radical (unpaired) electrons. The fourth-order valence-electron chi connectivity index (χ4n) is 2.29. The van der Waals surface area contributed by atoms with Crippen molar-refractivity contribution in [3.63, 3.8) is 0 Å². The Hall–Kier alpha value is -1.83. The van der Waals surface area contributed by atoms with Crippen LogP contribution in [-0.2, 0) is 6.54 Å². The van der Waals surface area contributed by atoms with Gasteiger partial charge in [-0.15, -0.1) is 11.3 Å². The summed E-state index contributed by atoms with van der Waals surface area (Å²) in [5.74, 6) is -0.196. The SMILES string of the molecule is CCCNC(=O)c1csc(CN(CCC)C(=O)Nc2ccc(Cl)cc2Cl)n1. The second-order valence-corrected chi connectivity index (χ2v) is 7.64. The standard InChI is InChI=1S/C18H22Cl2N4O2S/c1-3-7-21-17(25)15-11-27-16(22-15)10-24(8-4-2)18(26)23-14-6-5-12(19)9-13(14)20/h5-6,9,11H,3-4,7-8,10H2,1-2H3,(H,21,25)(H,23,26). The highest BCUT2D eigenvalue weighted by molar-refractivity contribution is 7.09. The van der Waals surface area contributed by atoms with Crippen molar-refractivity contribution < 1.29 is 9.59 Å². The molecular formula is C18H22Cl2N4O2S. The minimum absolute atomic E-state index is 0.196. The molecule has 0 spiro atoms. The summed E-state index contributed by atoms with van der Waals surface area (Å²) in [5.41, 5.74) is 0.868. The first-order valence-electron chi connectivity index (χ1n) is 8.68. The molecule has 2 aromatic rings. The van der Waals surface area contributed by atoms with Crippen molar-refractivity contribution in [2.24, 2.45) is 0 Å². The van der Waals surface area contributed by atoms with Gasteiger partial charge in [-0.05, 0) is 31.0 Å². The Morgan fingerprint density at radius 3 is 2.67 bits per heavy atom. The van der Waals surface area contributed by atoms with Crippen LogP contribution >= 0.6 is 34.5 Å². The minimum atomic E-state index is -0.284. The Morgan fingerprint density at radius 1 is 1.22 bits per heavy atom. The molecule has 0 unspecified atom stereocenters. The van der Waals surface area contributed by atoms with Crippen LogP contribution in [0.4, 0.5) is 10.5 Å². The van der Waals surface area contributed by atoms with Gasteiger partial charge in [-0.1, -0.05) is 37.0 Å². The number of amides is 3. The molecule has 0 bridgehead atoms. The largest absolute Gasteiger partial charge is 0.351 e. The van der Waals surface area contributed by atoms with Gasteiger partial charge in [-0.25, -0.2) is 9.78 Å². The van der Waals surface area contributed by atoms with Gasteiger partial charge in [0.15, 0.2) is 0 Å². The lowest BCUT2D eigenvalue weighted by Crippen LogP contribution is -2.35. The summed E-state index contributed by atoms with van der Waals surface area (Å²) < 4.78 is 0. The van der Waals surface area contributed by atoms with E-state index in [2.05, 4.69) is 15.6 Å². The van der Waals surface area contributed by atoms with Crippen LogP contribution in [0.2, 0.25) is 10.0 Å². The first kappa shape index (κ1) is 21.5. The minimum Gasteiger partial charge on any atom is -0.351 e. The number of thiazole rings is 1. The molecule has 1 heterocycles. The van der Waals surface area contributed by atoms with Crippen LogP contribution in [0.5, 0.6) is 0 Å². The van der Waals surface area contributed by atoms with E-state index in [1.807, 2.05) is 13.8 Å². The molecule has 27 heavy (non-hydrogen) atoms. The van der Waals surface area contributed by atoms with Gasteiger partial charge in [-0.2, -0.15) is 0 Å². The number of rotatable bonds is 8. The fourth-order valence-corrected chi connectivity index (χ4v) is 3.53. The van der Waals surface area contributed by atoms with Gasteiger partial charge in [0.05, 0.1) is 17.3 Å². The molecule has 0 saturated carbocycles. The average molecular weight is 429 g/mol. The third-order valence-corrected chi connectivity index (χ3v) is 4.98. The van der Waals surface area contributed by atoms with Gasteiger partial charge in [-0.3, -0.25) is 4.79 Å². The van der Waals surface area contributed by atoms with Crippen molar-refractivity contribution in [2.45, 2.75) is 33.2 Å². The van der Waals surface area contributed by atoms with E-state index in [1.54, 1.807) is 28.5 Å². The van der Waals surface area contributed by atoms with Crippen LogP contribution in [0.25, 0.3) is 0 Å². The quantitative estimate of drug-likeness (QED) is 0.618. The van der Waals surface area contributed by atoms with Crippen LogP contribution < -0.4 is 10.6 Å². The molecule has 2 rings (SSSR count). The molecule has 3 amide bonds. The van der Waals surface area contributed by atoms with E-state index < -0.39 is 0 Å². The fraction of sp³-hybridized carbons (Fsp3) is 0.389. The average Bonchev–Trinajstić information content (AvgIpc) is 3.10. The van der Waals surface area contributed by atoms with Crippen molar-refractivity contribution in [1.82, 2.24) is 15.2 Å². The van der Waals surface area contributed by atoms with E-state index in [-0.39, 0.29) is 11.9 Å². The van der Waals surface area contributed by atoms with Gasteiger partial charge >= 0.3 is 6.03 Å². The van der Waals surface area contributed by atoms with Crippen molar-refractivity contribution in [3.05, 3.63) is 44.3 Å². The van der Waals surface area contributed by atoms with Gasteiger partial charge in [0.25, 0.3) is 5.91 Å². The predicted molar refractivity (Wildman–Crippen MR) is 111 cm³/mol. The summed E-state index contributed by atoms with van der Waals surface area (Å²) in [4.78, 5) is 30.6. The lowest BCUT2D eigenvalue weighted by molar-refractivity contribution is 0.0949. The number of carbonyl (C=O) groups is 2. The maximum atomic E-state index is 12.6. The van der Waals surface area contributed by atoms with E-state index in [9.17, 15) is 9.59 Å². The van der Waals surface area contributed by atoms with Crippen LogP contribution in [0.15, 0.2) is 23.6 Å².